The summed E-state index contributed by atoms with van der Waals surface area (Å²) in [5.74, 6) is -0.733. The highest BCUT2D eigenvalue weighted by Crippen LogP contribution is 2.21. The summed E-state index contributed by atoms with van der Waals surface area (Å²) in [5.41, 5.74) is 4.61. The van der Waals surface area contributed by atoms with Crippen molar-refractivity contribution >= 4 is 17.3 Å². The summed E-state index contributed by atoms with van der Waals surface area (Å²) in [7, 11) is 0. The zero-order valence-electron chi connectivity index (χ0n) is 12.5. The van der Waals surface area contributed by atoms with Crippen molar-refractivity contribution in [1.82, 2.24) is 0 Å². The number of halogens is 1. The predicted molar refractivity (Wildman–Crippen MR) is 83.9 cm³/mol. The van der Waals surface area contributed by atoms with Gasteiger partial charge >= 0.3 is 0 Å². The van der Waals surface area contributed by atoms with Crippen LogP contribution in [0, 0.1) is 19.7 Å². The molecule has 21 heavy (non-hydrogen) atoms. The van der Waals surface area contributed by atoms with E-state index in [1.165, 1.54) is 29.7 Å². The van der Waals surface area contributed by atoms with Gasteiger partial charge in [0.05, 0.1) is 5.69 Å². The van der Waals surface area contributed by atoms with E-state index in [-0.39, 0.29) is 11.6 Å². The average molecular weight is 286 g/mol. The summed E-state index contributed by atoms with van der Waals surface area (Å²) >= 11 is 0. The van der Waals surface area contributed by atoms with Crippen LogP contribution in [0.2, 0.25) is 0 Å². The zero-order valence-corrected chi connectivity index (χ0v) is 12.5. The molecule has 0 spiro atoms. The monoisotopic (exact) mass is 286 g/mol. The number of rotatable bonds is 4. The van der Waals surface area contributed by atoms with E-state index in [0.29, 0.717) is 6.54 Å². The molecule has 110 valence electrons. The largest absolute Gasteiger partial charge is 0.381 e. The third kappa shape index (κ3) is 3.81. The molecule has 1 amide bonds. The second-order valence-electron chi connectivity index (χ2n) is 5.10. The lowest BCUT2D eigenvalue weighted by atomic mass is 10.0. The summed E-state index contributed by atoms with van der Waals surface area (Å²) in [6, 6.07) is 10.8. The average Bonchev–Trinajstić information content (AvgIpc) is 2.41. The molecule has 0 radical (unpaired) electrons. The van der Waals surface area contributed by atoms with Gasteiger partial charge in [-0.25, -0.2) is 4.39 Å². The van der Waals surface area contributed by atoms with Crippen molar-refractivity contribution in [2.24, 2.45) is 0 Å². The molecule has 0 saturated carbocycles. The van der Waals surface area contributed by atoms with Gasteiger partial charge in [-0.3, -0.25) is 4.79 Å². The van der Waals surface area contributed by atoms with Crippen molar-refractivity contribution in [2.45, 2.75) is 27.3 Å². The Morgan fingerprint density at radius 2 is 1.81 bits per heavy atom. The Balaban J connectivity index is 2.15. The second-order valence-corrected chi connectivity index (χ2v) is 5.10. The Labute approximate surface area is 124 Å². The van der Waals surface area contributed by atoms with E-state index < -0.39 is 5.82 Å². The quantitative estimate of drug-likeness (QED) is 0.891. The summed E-state index contributed by atoms with van der Waals surface area (Å²) in [6.45, 7) is 6.15. The lowest BCUT2D eigenvalue weighted by Crippen LogP contribution is -2.09. The third-order valence-electron chi connectivity index (χ3n) is 3.39. The fourth-order valence-electron chi connectivity index (χ4n) is 2.24. The first-order chi connectivity index (χ1) is 9.97. The predicted octanol–water partition coefficient (Wildman–Crippen LogP) is 4.01. The number of benzene rings is 2. The molecule has 2 aromatic rings. The molecular formula is C17H19FN2O. The van der Waals surface area contributed by atoms with E-state index in [2.05, 4.69) is 36.6 Å². The minimum Gasteiger partial charge on any atom is -0.381 e. The van der Waals surface area contributed by atoms with E-state index in [0.717, 1.165) is 5.69 Å². The molecule has 0 bridgehead atoms. The molecule has 0 heterocycles. The number of hydrogen-bond donors (Lipinski definition) is 2. The number of carbonyl (C=O) groups is 1. The van der Waals surface area contributed by atoms with E-state index in [1.807, 2.05) is 6.07 Å². The number of hydrogen-bond acceptors (Lipinski definition) is 2. The molecule has 4 heteroatoms. The zero-order chi connectivity index (χ0) is 15.4. The molecular weight excluding hydrogens is 267 g/mol. The van der Waals surface area contributed by atoms with Crippen LogP contribution in [0.15, 0.2) is 36.4 Å². The maximum absolute atomic E-state index is 13.6. The van der Waals surface area contributed by atoms with Gasteiger partial charge in [0.2, 0.25) is 5.91 Å². The van der Waals surface area contributed by atoms with Gasteiger partial charge in [0.1, 0.15) is 5.82 Å². The molecule has 0 aliphatic carbocycles. The van der Waals surface area contributed by atoms with E-state index in [1.54, 1.807) is 12.1 Å². The molecule has 0 unspecified atom stereocenters. The third-order valence-corrected chi connectivity index (χ3v) is 3.39. The summed E-state index contributed by atoms with van der Waals surface area (Å²) in [4.78, 5) is 11.0. The fraction of sp³-hybridized carbons (Fsp3) is 0.235. The van der Waals surface area contributed by atoms with Gasteiger partial charge in [-0.05, 0) is 48.7 Å². The smallest absolute Gasteiger partial charge is 0.221 e. The van der Waals surface area contributed by atoms with Crippen molar-refractivity contribution < 1.29 is 9.18 Å². The Morgan fingerprint density at radius 3 is 2.43 bits per heavy atom. The van der Waals surface area contributed by atoms with Gasteiger partial charge in [-0.2, -0.15) is 0 Å². The number of carbonyl (C=O) groups excluding carboxylic acids is 1. The van der Waals surface area contributed by atoms with Crippen LogP contribution in [-0.2, 0) is 11.3 Å². The van der Waals surface area contributed by atoms with Gasteiger partial charge in [-0.1, -0.05) is 18.2 Å². The Hall–Kier alpha value is -2.36. The minimum absolute atomic E-state index is 0.189. The lowest BCUT2D eigenvalue weighted by Gasteiger charge is -2.13. The number of aryl methyl sites for hydroxylation is 2. The van der Waals surface area contributed by atoms with Crippen LogP contribution in [-0.4, -0.2) is 5.91 Å². The molecule has 0 aromatic heterocycles. The van der Waals surface area contributed by atoms with E-state index in [9.17, 15) is 9.18 Å². The van der Waals surface area contributed by atoms with Crippen LogP contribution in [0.1, 0.15) is 23.6 Å². The van der Waals surface area contributed by atoms with Crippen molar-refractivity contribution in [1.29, 1.82) is 0 Å². The molecule has 0 aliphatic heterocycles. The van der Waals surface area contributed by atoms with Crippen LogP contribution in [0.25, 0.3) is 0 Å². The Kier molecular flexibility index (Phi) is 4.58. The maximum Gasteiger partial charge on any atom is 0.221 e. The molecule has 0 atom stereocenters. The summed E-state index contributed by atoms with van der Waals surface area (Å²) in [6.07, 6.45) is 0. The van der Waals surface area contributed by atoms with Gasteiger partial charge in [-0.15, -0.1) is 0 Å². The Morgan fingerprint density at radius 1 is 1.14 bits per heavy atom. The first-order valence-corrected chi connectivity index (χ1v) is 6.83. The molecule has 0 fully saturated rings. The van der Waals surface area contributed by atoms with Crippen LogP contribution in [0.4, 0.5) is 15.8 Å². The lowest BCUT2D eigenvalue weighted by molar-refractivity contribution is -0.114. The molecule has 2 rings (SSSR count). The number of amides is 1. The number of anilines is 2. The molecule has 0 aliphatic rings. The Bertz CT molecular complexity index is 648. The number of nitrogens with one attached hydrogen (secondary N) is 2. The highest BCUT2D eigenvalue weighted by Gasteiger charge is 2.06. The van der Waals surface area contributed by atoms with Gasteiger partial charge in [0.25, 0.3) is 0 Å². The fourth-order valence-corrected chi connectivity index (χ4v) is 2.24. The summed E-state index contributed by atoms with van der Waals surface area (Å²) < 4.78 is 13.6. The van der Waals surface area contributed by atoms with Crippen LogP contribution in [0.3, 0.4) is 0 Å². The van der Waals surface area contributed by atoms with Gasteiger partial charge in [0, 0.05) is 19.2 Å². The van der Waals surface area contributed by atoms with Crippen molar-refractivity contribution in [3.8, 4) is 0 Å². The molecule has 2 aromatic carbocycles. The molecule has 3 nitrogen and oxygen atoms in total. The van der Waals surface area contributed by atoms with Gasteiger partial charge in [0.15, 0.2) is 0 Å². The van der Waals surface area contributed by atoms with E-state index in [4.69, 9.17) is 0 Å². The molecule has 2 N–H and O–H groups in total. The van der Waals surface area contributed by atoms with Crippen molar-refractivity contribution in [3.05, 3.63) is 58.9 Å². The van der Waals surface area contributed by atoms with Gasteiger partial charge < -0.3 is 10.6 Å². The first-order valence-electron chi connectivity index (χ1n) is 6.83. The highest BCUT2D eigenvalue weighted by atomic mass is 19.1. The van der Waals surface area contributed by atoms with Crippen LogP contribution >= 0.6 is 0 Å². The van der Waals surface area contributed by atoms with E-state index >= 15 is 0 Å². The van der Waals surface area contributed by atoms with Crippen LogP contribution in [0.5, 0.6) is 0 Å². The van der Waals surface area contributed by atoms with Crippen molar-refractivity contribution in [3.63, 3.8) is 0 Å². The maximum atomic E-state index is 13.6. The standard InChI is InChI=1S/C17H19FN2O/c1-11-5-4-6-12(2)15(11)10-19-14-7-8-16(18)17(9-14)20-13(3)21/h4-9,19H,10H2,1-3H3,(H,20,21). The molecule has 0 saturated heterocycles. The van der Waals surface area contributed by atoms with Crippen LogP contribution < -0.4 is 10.6 Å². The first kappa shape index (κ1) is 15.0. The second kappa shape index (κ2) is 6.39. The minimum atomic E-state index is -0.442. The SMILES string of the molecule is CC(=O)Nc1cc(NCc2c(C)cccc2C)ccc1F. The summed E-state index contributed by atoms with van der Waals surface area (Å²) in [5, 5.41) is 5.75. The highest BCUT2D eigenvalue weighted by molar-refractivity contribution is 5.89. The van der Waals surface area contributed by atoms with Crippen molar-refractivity contribution in [2.75, 3.05) is 10.6 Å². The topological polar surface area (TPSA) is 41.1 Å². The normalized spacial score (nSPS) is 10.3.